The first-order valence-corrected chi connectivity index (χ1v) is 13.4. The summed E-state index contributed by atoms with van der Waals surface area (Å²) in [5.74, 6) is 0.114. The number of amidine groups is 1. The second-order valence-electron chi connectivity index (χ2n) is 9.27. The molecule has 8 nitrogen and oxygen atoms in total. The zero-order valence-electron chi connectivity index (χ0n) is 22.1. The van der Waals surface area contributed by atoms with E-state index in [0.29, 0.717) is 35.4 Å². The van der Waals surface area contributed by atoms with Gasteiger partial charge in [-0.25, -0.2) is 9.79 Å². The van der Waals surface area contributed by atoms with Gasteiger partial charge in [-0.2, -0.15) is 0 Å². The topological polar surface area (TPSA) is 89.5 Å². The first kappa shape index (κ1) is 27.5. The number of aliphatic imine (C=N–C) groups is 1. The van der Waals surface area contributed by atoms with Crippen LogP contribution in [0.1, 0.15) is 44.4 Å². The average molecular weight is 536 g/mol. The number of hydrogen-bond acceptors (Lipinski definition) is 8. The maximum atomic E-state index is 13.4. The molecule has 1 N–H and O–H groups in total. The Kier molecular flexibility index (Phi) is 9.25. The fourth-order valence-corrected chi connectivity index (χ4v) is 5.26. The van der Waals surface area contributed by atoms with E-state index in [0.717, 1.165) is 16.8 Å². The molecule has 2 aliphatic rings. The Morgan fingerprint density at radius 2 is 1.89 bits per heavy atom. The number of thioether (sulfide) groups is 1. The van der Waals surface area contributed by atoms with E-state index in [1.54, 1.807) is 7.11 Å². The van der Waals surface area contributed by atoms with Gasteiger partial charge in [0.05, 0.1) is 30.3 Å². The second kappa shape index (κ2) is 12.8. The van der Waals surface area contributed by atoms with Gasteiger partial charge < -0.3 is 24.4 Å². The summed E-state index contributed by atoms with van der Waals surface area (Å²) in [6.07, 6.45) is 0.163. The third-order valence-corrected chi connectivity index (χ3v) is 6.84. The van der Waals surface area contributed by atoms with Crippen molar-refractivity contribution in [2.24, 2.45) is 4.99 Å². The number of hydrogen-bond donors (Lipinski definition) is 1. The summed E-state index contributed by atoms with van der Waals surface area (Å²) in [4.78, 5) is 32.7. The van der Waals surface area contributed by atoms with Crippen LogP contribution in [0.2, 0.25) is 0 Å². The standard InChI is InChI=1S/C29H33N3O5S/c1-19(2)30-25(33)16-23-18-38-29-31-20(3)26(28(34)36-14-13-35-4)27(32(23)29)22-11-8-12-24(15-22)37-17-21-9-6-5-7-10-21/h5-12,15,18-19,27H,13-14,16-17H2,1-4H3,(H,30,33). The van der Waals surface area contributed by atoms with E-state index < -0.39 is 12.0 Å². The van der Waals surface area contributed by atoms with E-state index in [1.165, 1.54) is 11.8 Å². The third kappa shape index (κ3) is 6.65. The number of fused-ring (bicyclic) bond motifs is 1. The van der Waals surface area contributed by atoms with Crippen LogP contribution in [0, 0.1) is 0 Å². The van der Waals surface area contributed by atoms with Gasteiger partial charge in [-0.3, -0.25) is 4.79 Å². The molecule has 2 aliphatic heterocycles. The Morgan fingerprint density at radius 3 is 2.63 bits per heavy atom. The first-order valence-electron chi connectivity index (χ1n) is 12.5. The van der Waals surface area contributed by atoms with Crippen LogP contribution in [0.5, 0.6) is 5.75 Å². The molecule has 0 aromatic heterocycles. The van der Waals surface area contributed by atoms with Crippen LogP contribution in [0.4, 0.5) is 0 Å². The van der Waals surface area contributed by atoms with Crippen molar-refractivity contribution < 1.29 is 23.8 Å². The molecular formula is C29H33N3O5S. The van der Waals surface area contributed by atoms with Gasteiger partial charge in [0.1, 0.15) is 19.0 Å². The van der Waals surface area contributed by atoms with E-state index in [9.17, 15) is 9.59 Å². The number of allylic oxidation sites excluding steroid dienone is 1. The molecule has 0 spiro atoms. The Morgan fingerprint density at radius 1 is 1.11 bits per heavy atom. The molecule has 0 aliphatic carbocycles. The van der Waals surface area contributed by atoms with Crippen LogP contribution in [0.25, 0.3) is 0 Å². The van der Waals surface area contributed by atoms with Crippen molar-refractivity contribution in [3.63, 3.8) is 0 Å². The smallest absolute Gasteiger partial charge is 0.338 e. The van der Waals surface area contributed by atoms with E-state index in [4.69, 9.17) is 19.2 Å². The Labute approximate surface area is 227 Å². The number of amides is 1. The highest BCUT2D eigenvalue weighted by atomic mass is 32.2. The predicted octanol–water partition coefficient (Wildman–Crippen LogP) is 4.94. The van der Waals surface area contributed by atoms with Crippen LogP contribution in [0.3, 0.4) is 0 Å². The summed E-state index contributed by atoms with van der Waals surface area (Å²) in [6.45, 7) is 6.50. The Balaban J connectivity index is 1.67. The minimum Gasteiger partial charge on any atom is -0.489 e. The normalized spacial score (nSPS) is 16.7. The van der Waals surface area contributed by atoms with Crippen LogP contribution in [-0.2, 0) is 25.7 Å². The van der Waals surface area contributed by atoms with E-state index >= 15 is 0 Å². The van der Waals surface area contributed by atoms with Gasteiger partial charge >= 0.3 is 5.97 Å². The molecule has 0 radical (unpaired) electrons. The molecule has 9 heteroatoms. The third-order valence-electron chi connectivity index (χ3n) is 5.95. The highest BCUT2D eigenvalue weighted by Crippen LogP contribution is 2.45. The predicted molar refractivity (Wildman–Crippen MR) is 148 cm³/mol. The number of nitrogens with zero attached hydrogens (tertiary/aromatic N) is 2. The fourth-order valence-electron chi connectivity index (χ4n) is 4.29. The second-order valence-corrected chi connectivity index (χ2v) is 10.1. The molecule has 1 amide bonds. The van der Waals surface area contributed by atoms with Gasteiger partial charge in [-0.1, -0.05) is 54.2 Å². The van der Waals surface area contributed by atoms with E-state index in [2.05, 4.69) is 5.32 Å². The lowest BCUT2D eigenvalue weighted by Gasteiger charge is -2.36. The number of nitrogens with one attached hydrogen (secondary N) is 1. The number of carbonyl (C=O) groups is 2. The summed E-state index contributed by atoms with van der Waals surface area (Å²) in [5.41, 5.74) is 3.65. The number of methoxy groups -OCH3 is 1. The van der Waals surface area contributed by atoms with Crippen molar-refractivity contribution in [2.75, 3.05) is 20.3 Å². The van der Waals surface area contributed by atoms with Gasteiger partial charge in [-0.15, -0.1) is 0 Å². The number of carbonyl (C=O) groups excluding carboxylic acids is 2. The highest BCUT2D eigenvalue weighted by Gasteiger charge is 2.41. The Hall–Kier alpha value is -3.56. The van der Waals surface area contributed by atoms with Crippen LogP contribution in [-0.4, -0.2) is 48.3 Å². The van der Waals surface area contributed by atoms with Crippen molar-refractivity contribution in [3.05, 3.63) is 88.1 Å². The molecule has 4 rings (SSSR count). The molecular weight excluding hydrogens is 502 g/mol. The van der Waals surface area contributed by atoms with Crippen LogP contribution in [0.15, 0.2) is 82.0 Å². The number of benzene rings is 2. The van der Waals surface area contributed by atoms with Crippen LogP contribution >= 0.6 is 11.8 Å². The van der Waals surface area contributed by atoms with Gasteiger partial charge in [-0.05, 0) is 49.4 Å². The molecule has 1 atom stereocenters. The maximum absolute atomic E-state index is 13.4. The molecule has 2 aromatic carbocycles. The molecule has 0 saturated carbocycles. The van der Waals surface area contributed by atoms with Gasteiger partial charge in [0.25, 0.3) is 0 Å². The molecule has 0 saturated heterocycles. The zero-order valence-corrected chi connectivity index (χ0v) is 22.9. The summed E-state index contributed by atoms with van der Waals surface area (Å²) in [6, 6.07) is 17.1. The minimum atomic E-state index is -0.536. The highest BCUT2D eigenvalue weighted by molar-refractivity contribution is 8.16. The molecule has 0 fully saturated rings. The van der Waals surface area contributed by atoms with Crippen molar-refractivity contribution in [1.82, 2.24) is 10.2 Å². The summed E-state index contributed by atoms with van der Waals surface area (Å²) < 4.78 is 16.7. The number of esters is 1. The Bertz CT molecular complexity index is 1260. The monoisotopic (exact) mass is 535 g/mol. The summed E-state index contributed by atoms with van der Waals surface area (Å²) in [5, 5.41) is 5.58. The maximum Gasteiger partial charge on any atom is 0.338 e. The van der Waals surface area contributed by atoms with Gasteiger partial charge in [0.2, 0.25) is 5.91 Å². The average Bonchev–Trinajstić information content (AvgIpc) is 3.28. The first-order chi connectivity index (χ1) is 18.4. The van der Waals surface area contributed by atoms with Crippen LogP contribution < -0.4 is 10.1 Å². The lowest BCUT2D eigenvalue weighted by atomic mass is 9.93. The zero-order chi connectivity index (χ0) is 27.1. The van der Waals surface area contributed by atoms with E-state index in [-0.39, 0.29) is 25.0 Å². The summed E-state index contributed by atoms with van der Waals surface area (Å²) in [7, 11) is 1.56. The van der Waals surface area contributed by atoms with E-state index in [1.807, 2.05) is 85.7 Å². The van der Waals surface area contributed by atoms with Crippen molar-refractivity contribution in [1.29, 1.82) is 0 Å². The lowest BCUT2D eigenvalue weighted by molar-refractivity contribution is -0.141. The van der Waals surface area contributed by atoms with Gasteiger partial charge in [0.15, 0.2) is 5.17 Å². The largest absolute Gasteiger partial charge is 0.489 e. The molecule has 2 heterocycles. The minimum absolute atomic E-state index is 0.0226. The lowest BCUT2D eigenvalue weighted by Crippen LogP contribution is -2.38. The molecule has 200 valence electrons. The fraction of sp³-hybridized carbons (Fsp3) is 0.345. The SMILES string of the molecule is COCCOC(=O)C1=C(C)N=C2SC=C(CC(=O)NC(C)C)N2C1c1cccc(OCc2ccccc2)c1. The number of rotatable bonds is 11. The molecule has 38 heavy (non-hydrogen) atoms. The van der Waals surface area contributed by atoms with Gasteiger partial charge in [0, 0.05) is 18.8 Å². The molecule has 2 aromatic rings. The molecule has 0 bridgehead atoms. The molecule has 1 unspecified atom stereocenters. The van der Waals surface area contributed by atoms with Crippen molar-refractivity contribution in [2.45, 2.75) is 45.9 Å². The summed E-state index contributed by atoms with van der Waals surface area (Å²) >= 11 is 1.44. The van der Waals surface area contributed by atoms with Crippen molar-refractivity contribution >= 4 is 28.8 Å². The van der Waals surface area contributed by atoms with Crippen molar-refractivity contribution in [3.8, 4) is 5.75 Å². The number of ether oxygens (including phenoxy) is 3. The quantitative estimate of drug-likeness (QED) is 0.322.